The Bertz CT molecular complexity index is 1160. The van der Waals surface area contributed by atoms with E-state index in [-0.39, 0.29) is 11.4 Å². The minimum atomic E-state index is -0.308. The van der Waals surface area contributed by atoms with Crippen molar-refractivity contribution in [3.8, 4) is 0 Å². The minimum absolute atomic E-state index is 0.226. The third kappa shape index (κ3) is 3.25. The van der Waals surface area contributed by atoms with Gasteiger partial charge in [-0.3, -0.25) is 4.79 Å². The maximum atomic E-state index is 13.0. The smallest absolute Gasteiger partial charge is 0.266 e. The Kier molecular flexibility index (Phi) is 3.95. The number of hydrogen-bond acceptors (Lipinski definition) is 4. The highest BCUT2D eigenvalue weighted by atomic mass is 32.1. The van der Waals surface area contributed by atoms with Gasteiger partial charge >= 0.3 is 0 Å². The lowest BCUT2D eigenvalue weighted by Gasteiger charge is -1.90. The fourth-order valence-electron chi connectivity index (χ4n) is 2.36. The highest BCUT2D eigenvalue weighted by Crippen LogP contribution is 2.08. The number of thiazole rings is 1. The number of halogens is 1. The third-order valence-electron chi connectivity index (χ3n) is 3.59. The molecule has 4 rings (SSSR count). The van der Waals surface area contributed by atoms with E-state index in [1.807, 2.05) is 36.4 Å². The summed E-state index contributed by atoms with van der Waals surface area (Å²) in [7, 11) is 0. The molecule has 4 aromatic rings. The van der Waals surface area contributed by atoms with Gasteiger partial charge in [0.1, 0.15) is 5.82 Å². The van der Waals surface area contributed by atoms with Crippen molar-refractivity contribution in [3.05, 3.63) is 92.3 Å². The van der Waals surface area contributed by atoms with Gasteiger partial charge in [-0.2, -0.15) is 9.50 Å². The second kappa shape index (κ2) is 6.41. The molecule has 0 unspecified atom stereocenters. The normalized spacial score (nSPS) is 12.4. The molecular weight excluding hydrogens is 337 g/mol. The molecule has 122 valence electrons. The van der Waals surface area contributed by atoms with Crippen LogP contribution in [0.15, 0.2) is 59.4 Å². The van der Waals surface area contributed by atoms with Gasteiger partial charge in [0.15, 0.2) is 5.82 Å². The Morgan fingerprint density at radius 3 is 2.44 bits per heavy atom. The molecule has 0 aliphatic rings. The van der Waals surface area contributed by atoms with Crippen LogP contribution in [0.4, 0.5) is 4.39 Å². The Balaban J connectivity index is 1.68. The summed E-state index contributed by atoms with van der Waals surface area (Å²) in [5.74, 6) is 0.178. The zero-order chi connectivity index (χ0) is 17.2. The molecule has 0 fully saturated rings. The first-order valence-electron chi connectivity index (χ1n) is 7.59. The number of hydrogen-bond donors (Lipinski definition) is 0. The third-order valence-corrected chi connectivity index (χ3v) is 4.55. The summed E-state index contributed by atoms with van der Waals surface area (Å²) in [6.45, 7) is 0. The lowest BCUT2D eigenvalue weighted by Crippen LogP contribution is -2.23. The maximum Gasteiger partial charge on any atom is 0.291 e. The molecule has 6 heteroatoms. The summed E-state index contributed by atoms with van der Waals surface area (Å²) >= 11 is 1.26. The summed E-state index contributed by atoms with van der Waals surface area (Å²) in [5.41, 5.74) is 1.57. The van der Waals surface area contributed by atoms with Crippen molar-refractivity contribution in [2.24, 2.45) is 0 Å². The molecule has 0 atom stereocenters. The average molecular weight is 349 g/mol. The summed E-state index contributed by atoms with van der Waals surface area (Å²) in [5, 5.41) is 4.24. The Labute approximate surface area is 146 Å². The fourth-order valence-corrected chi connectivity index (χ4v) is 3.28. The zero-order valence-electron chi connectivity index (χ0n) is 13.0. The number of benzene rings is 2. The average Bonchev–Trinajstić information content (AvgIpc) is 3.15. The van der Waals surface area contributed by atoms with Crippen LogP contribution in [-0.4, -0.2) is 14.6 Å². The van der Waals surface area contributed by atoms with Crippen LogP contribution in [0.1, 0.15) is 17.0 Å². The molecule has 0 amide bonds. The van der Waals surface area contributed by atoms with E-state index in [4.69, 9.17) is 0 Å². The standard InChI is InChI=1S/C19H12FN3OS/c20-15-9-6-14(7-10-15)12-16-18(24)23-19(25-16)21-17(22-23)11-8-13-4-2-1-3-5-13/h1-12H. The number of aromatic nitrogens is 3. The summed E-state index contributed by atoms with van der Waals surface area (Å²) in [6.07, 6.45) is 5.38. The minimum Gasteiger partial charge on any atom is -0.266 e. The quantitative estimate of drug-likeness (QED) is 0.571. The molecule has 2 aromatic carbocycles. The van der Waals surface area contributed by atoms with Crippen LogP contribution in [0.5, 0.6) is 0 Å². The van der Waals surface area contributed by atoms with Crippen molar-refractivity contribution in [2.45, 2.75) is 0 Å². The monoisotopic (exact) mass is 349 g/mol. The SMILES string of the molecule is O=c1c(=Cc2ccc(F)cc2)sc2nc(C=Cc3ccccc3)nn12. The Hall–Kier alpha value is -3.12. The molecule has 2 heterocycles. The second-order valence-corrected chi connectivity index (χ2v) is 6.38. The van der Waals surface area contributed by atoms with Crippen LogP contribution in [0.2, 0.25) is 0 Å². The second-order valence-electron chi connectivity index (χ2n) is 5.38. The van der Waals surface area contributed by atoms with Crippen LogP contribution in [0, 0.1) is 5.82 Å². The van der Waals surface area contributed by atoms with Crippen LogP contribution < -0.4 is 10.1 Å². The maximum absolute atomic E-state index is 13.0. The predicted octanol–water partition coefficient (Wildman–Crippen LogP) is 3.01. The topological polar surface area (TPSA) is 47.3 Å². The lowest BCUT2D eigenvalue weighted by atomic mass is 10.2. The Morgan fingerprint density at radius 2 is 1.72 bits per heavy atom. The Morgan fingerprint density at radius 1 is 0.960 bits per heavy atom. The van der Waals surface area contributed by atoms with Crippen molar-refractivity contribution < 1.29 is 4.39 Å². The van der Waals surface area contributed by atoms with Gasteiger partial charge in [0.2, 0.25) is 4.96 Å². The van der Waals surface area contributed by atoms with Crippen LogP contribution >= 0.6 is 11.3 Å². The van der Waals surface area contributed by atoms with Gasteiger partial charge in [0.25, 0.3) is 5.56 Å². The predicted molar refractivity (Wildman–Crippen MR) is 97.7 cm³/mol. The molecule has 0 aliphatic heterocycles. The molecule has 0 radical (unpaired) electrons. The van der Waals surface area contributed by atoms with Crippen LogP contribution in [0.3, 0.4) is 0 Å². The highest BCUT2D eigenvalue weighted by molar-refractivity contribution is 7.15. The summed E-state index contributed by atoms with van der Waals surface area (Å²) < 4.78 is 14.8. The van der Waals surface area contributed by atoms with Gasteiger partial charge in [-0.25, -0.2) is 4.39 Å². The van der Waals surface area contributed by atoms with Gasteiger partial charge in [0.05, 0.1) is 4.53 Å². The van der Waals surface area contributed by atoms with Crippen molar-refractivity contribution in [1.82, 2.24) is 14.6 Å². The van der Waals surface area contributed by atoms with E-state index in [1.54, 1.807) is 24.3 Å². The summed E-state index contributed by atoms with van der Waals surface area (Å²) in [4.78, 5) is 17.3. The van der Waals surface area contributed by atoms with E-state index in [1.165, 1.54) is 28.0 Å². The van der Waals surface area contributed by atoms with Gasteiger partial charge in [-0.15, -0.1) is 5.10 Å². The van der Waals surface area contributed by atoms with Crippen molar-refractivity contribution in [3.63, 3.8) is 0 Å². The van der Waals surface area contributed by atoms with Gasteiger partial charge in [0, 0.05) is 0 Å². The molecule has 0 spiro atoms. The van der Waals surface area contributed by atoms with E-state index in [0.717, 1.165) is 11.1 Å². The van der Waals surface area contributed by atoms with Crippen molar-refractivity contribution >= 4 is 34.5 Å². The highest BCUT2D eigenvalue weighted by Gasteiger charge is 2.08. The van der Waals surface area contributed by atoms with Crippen LogP contribution in [0.25, 0.3) is 23.2 Å². The number of fused-ring (bicyclic) bond motifs is 1. The first-order valence-corrected chi connectivity index (χ1v) is 8.41. The molecule has 0 saturated heterocycles. The van der Waals surface area contributed by atoms with Gasteiger partial charge in [-0.1, -0.05) is 59.9 Å². The van der Waals surface area contributed by atoms with E-state index >= 15 is 0 Å². The van der Waals surface area contributed by atoms with E-state index in [9.17, 15) is 9.18 Å². The molecule has 25 heavy (non-hydrogen) atoms. The van der Waals surface area contributed by atoms with E-state index in [0.29, 0.717) is 15.3 Å². The zero-order valence-corrected chi connectivity index (χ0v) is 13.8. The van der Waals surface area contributed by atoms with Gasteiger partial charge < -0.3 is 0 Å². The number of nitrogens with zero attached hydrogens (tertiary/aromatic N) is 3. The lowest BCUT2D eigenvalue weighted by molar-refractivity contribution is 0.628. The first-order chi connectivity index (χ1) is 12.2. The fraction of sp³-hybridized carbons (Fsp3) is 0. The van der Waals surface area contributed by atoms with E-state index in [2.05, 4.69) is 10.1 Å². The van der Waals surface area contributed by atoms with Crippen LogP contribution in [-0.2, 0) is 0 Å². The molecule has 2 aromatic heterocycles. The molecule has 0 N–H and O–H groups in total. The first kappa shape index (κ1) is 15.4. The molecular formula is C19H12FN3OS. The molecule has 0 aliphatic carbocycles. The molecule has 0 saturated carbocycles. The molecule has 4 nitrogen and oxygen atoms in total. The van der Waals surface area contributed by atoms with Crippen molar-refractivity contribution in [2.75, 3.05) is 0 Å². The number of rotatable bonds is 3. The summed E-state index contributed by atoms with van der Waals surface area (Å²) in [6, 6.07) is 15.8. The van der Waals surface area contributed by atoms with Crippen molar-refractivity contribution in [1.29, 1.82) is 0 Å². The van der Waals surface area contributed by atoms with E-state index < -0.39 is 0 Å². The largest absolute Gasteiger partial charge is 0.291 e. The molecule has 0 bridgehead atoms. The van der Waals surface area contributed by atoms with Gasteiger partial charge in [-0.05, 0) is 35.4 Å².